The molecule has 1 aromatic heterocycles. The SMILES string of the molecule is COc1ccc(OC)c2c(C)c(C)sc12. The average Bonchev–Trinajstić information content (AvgIpc) is 2.55. The van der Waals surface area contributed by atoms with Crippen LogP contribution in [0.4, 0.5) is 0 Å². The highest BCUT2D eigenvalue weighted by atomic mass is 32.1. The van der Waals surface area contributed by atoms with Crippen molar-refractivity contribution in [1.82, 2.24) is 0 Å². The van der Waals surface area contributed by atoms with Crippen molar-refractivity contribution in [3.05, 3.63) is 22.6 Å². The molecule has 0 spiro atoms. The lowest BCUT2D eigenvalue weighted by atomic mass is 10.1. The third-order valence-corrected chi connectivity index (χ3v) is 3.90. The van der Waals surface area contributed by atoms with Gasteiger partial charge in [-0.05, 0) is 31.5 Å². The molecular weight excluding hydrogens is 208 g/mol. The lowest BCUT2D eigenvalue weighted by Crippen LogP contribution is -1.87. The van der Waals surface area contributed by atoms with Crippen LogP contribution in [0.3, 0.4) is 0 Å². The second kappa shape index (κ2) is 3.74. The Labute approximate surface area is 93.4 Å². The Bertz CT molecular complexity index is 500. The Balaban J connectivity index is 2.86. The maximum absolute atomic E-state index is 5.37. The predicted molar refractivity (Wildman–Crippen MR) is 64.4 cm³/mol. The molecule has 2 aromatic rings. The number of thiophene rings is 1. The van der Waals surface area contributed by atoms with Crippen LogP contribution in [-0.2, 0) is 0 Å². The van der Waals surface area contributed by atoms with Crippen molar-refractivity contribution in [2.24, 2.45) is 0 Å². The van der Waals surface area contributed by atoms with Crippen molar-refractivity contribution in [3.8, 4) is 11.5 Å². The zero-order valence-electron chi connectivity index (χ0n) is 9.38. The highest BCUT2D eigenvalue weighted by molar-refractivity contribution is 7.19. The average molecular weight is 222 g/mol. The number of aryl methyl sites for hydroxylation is 2. The summed E-state index contributed by atoms with van der Waals surface area (Å²) in [4.78, 5) is 1.31. The molecule has 0 radical (unpaired) electrons. The van der Waals surface area contributed by atoms with Crippen LogP contribution in [0.1, 0.15) is 10.4 Å². The number of hydrogen-bond donors (Lipinski definition) is 0. The first-order chi connectivity index (χ1) is 7.19. The van der Waals surface area contributed by atoms with Crippen LogP contribution in [0.5, 0.6) is 11.5 Å². The van der Waals surface area contributed by atoms with Gasteiger partial charge in [-0.25, -0.2) is 0 Å². The largest absolute Gasteiger partial charge is 0.496 e. The molecule has 0 atom stereocenters. The van der Waals surface area contributed by atoms with Crippen molar-refractivity contribution in [3.63, 3.8) is 0 Å². The summed E-state index contributed by atoms with van der Waals surface area (Å²) in [6.07, 6.45) is 0. The Morgan fingerprint density at radius 3 is 2.20 bits per heavy atom. The van der Waals surface area contributed by atoms with Gasteiger partial charge in [-0.3, -0.25) is 0 Å². The number of hydrogen-bond acceptors (Lipinski definition) is 3. The van der Waals surface area contributed by atoms with Gasteiger partial charge in [0.1, 0.15) is 11.5 Å². The molecule has 0 bridgehead atoms. The molecule has 3 heteroatoms. The monoisotopic (exact) mass is 222 g/mol. The van der Waals surface area contributed by atoms with Gasteiger partial charge in [0.2, 0.25) is 0 Å². The summed E-state index contributed by atoms with van der Waals surface area (Å²) in [7, 11) is 3.40. The fourth-order valence-corrected chi connectivity index (χ4v) is 2.91. The molecule has 2 rings (SSSR count). The molecular formula is C12H14O2S. The second-order valence-electron chi connectivity index (χ2n) is 3.46. The van der Waals surface area contributed by atoms with Gasteiger partial charge in [-0.15, -0.1) is 11.3 Å². The van der Waals surface area contributed by atoms with Gasteiger partial charge in [0.25, 0.3) is 0 Å². The van der Waals surface area contributed by atoms with Crippen molar-refractivity contribution >= 4 is 21.4 Å². The fourth-order valence-electron chi connectivity index (χ4n) is 1.74. The van der Waals surface area contributed by atoms with Gasteiger partial charge in [0, 0.05) is 10.3 Å². The first kappa shape index (κ1) is 10.3. The standard InChI is InChI=1S/C12H14O2S/c1-7-8(2)15-12-10(14-4)6-5-9(13-3)11(7)12/h5-6H,1-4H3. The quantitative estimate of drug-likeness (QED) is 0.773. The maximum Gasteiger partial charge on any atom is 0.136 e. The highest BCUT2D eigenvalue weighted by Crippen LogP contribution is 2.41. The first-order valence-corrected chi connectivity index (χ1v) is 5.61. The van der Waals surface area contributed by atoms with Crippen LogP contribution >= 0.6 is 11.3 Å². The van der Waals surface area contributed by atoms with E-state index < -0.39 is 0 Å². The van der Waals surface area contributed by atoms with E-state index in [1.165, 1.54) is 20.5 Å². The summed E-state index contributed by atoms with van der Waals surface area (Å²) in [6.45, 7) is 4.25. The Hall–Kier alpha value is -1.22. The smallest absolute Gasteiger partial charge is 0.136 e. The number of methoxy groups -OCH3 is 2. The van der Waals surface area contributed by atoms with E-state index in [1.807, 2.05) is 12.1 Å². The van der Waals surface area contributed by atoms with E-state index in [1.54, 1.807) is 25.6 Å². The van der Waals surface area contributed by atoms with Crippen LogP contribution in [0.25, 0.3) is 10.1 Å². The van der Waals surface area contributed by atoms with Crippen LogP contribution < -0.4 is 9.47 Å². The first-order valence-electron chi connectivity index (χ1n) is 4.79. The summed E-state index contributed by atoms with van der Waals surface area (Å²) in [5.74, 6) is 1.85. The molecule has 0 N–H and O–H groups in total. The zero-order valence-corrected chi connectivity index (χ0v) is 10.2. The summed E-state index contributed by atoms with van der Waals surface area (Å²) >= 11 is 1.75. The van der Waals surface area contributed by atoms with E-state index in [4.69, 9.17) is 9.47 Å². The van der Waals surface area contributed by atoms with E-state index in [-0.39, 0.29) is 0 Å². The normalized spacial score (nSPS) is 10.7. The Morgan fingerprint density at radius 1 is 1.00 bits per heavy atom. The Morgan fingerprint density at radius 2 is 1.60 bits per heavy atom. The van der Waals surface area contributed by atoms with E-state index in [0.717, 1.165) is 11.5 Å². The Kier molecular flexibility index (Phi) is 2.57. The van der Waals surface area contributed by atoms with Crippen molar-refractivity contribution in [2.45, 2.75) is 13.8 Å². The summed E-state index contributed by atoms with van der Waals surface area (Å²) in [6, 6.07) is 3.91. The number of benzene rings is 1. The lowest BCUT2D eigenvalue weighted by molar-refractivity contribution is 0.411. The van der Waals surface area contributed by atoms with Crippen LogP contribution in [0.15, 0.2) is 12.1 Å². The molecule has 0 fully saturated rings. The van der Waals surface area contributed by atoms with Crippen molar-refractivity contribution < 1.29 is 9.47 Å². The summed E-state index contributed by atoms with van der Waals surface area (Å²) < 4.78 is 11.9. The third-order valence-electron chi connectivity index (χ3n) is 2.68. The predicted octanol–water partition coefficient (Wildman–Crippen LogP) is 3.54. The van der Waals surface area contributed by atoms with Gasteiger partial charge >= 0.3 is 0 Å². The molecule has 0 saturated heterocycles. The molecule has 2 nitrogen and oxygen atoms in total. The van der Waals surface area contributed by atoms with Gasteiger partial charge in [-0.2, -0.15) is 0 Å². The fraction of sp³-hybridized carbons (Fsp3) is 0.333. The van der Waals surface area contributed by atoms with E-state index in [0.29, 0.717) is 0 Å². The summed E-state index contributed by atoms with van der Waals surface area (Å²) in [5, 5.41) is 1.18. The highest BCUT2D eigenvalue weighted by Gasteiger charge is 2.13. The molecule has 0 aliphatic carbocycles. The number of fused-ring (bicyclic) bond motifs is 1. The minimum absolute atomic E-state index is 0.923. The minimum atomic E-state index is 0.923. The molecule has 1 aromatic carbocycles. The topological polar surface area (TPSA) is 18.5 Å². The second-order valence-corrected chi connectivity index (χ2v) is 4.68. The van der Waals surface area contributed by atoms with Crippen molar-refractivity contribution in [2.75, 3.05) is 14.2 Å². The van der Waals surface area contributed by atoms with E-state index in [2.05, 4.69) is 13.8 Å². The van der Waals surface area contributed by atoms with E-state index >= 15 is 0 Å². The van der Waals surface area contributed by atoms with Crippen LogP contribution in [0.2, 0.25) is 0 Å². The number of rotatable bonds is 2. The van der Waals surface area contributed by atoms with Gasteiger partial charge in [0.05, 0.1) is 18.9 Å². The molecule has 0 saturated carbocycles. The molecule has 80 valence electrons. The molecule has 15 heavy (non-hydrogen) atoms. The molecule has 0 aliphatic heterocycles. The van der Waals surface area contributed by atoms with Crippen molar-refractivity contribution in [1.29, 1.82) is 0 Å². The zero-order chi connectivity index (χ0) is 11.0. The van der Waals surface area contributed by atoms with Crippen LogP contribution in [0, 0.1) is 13.8 Å². The van der Waals surface area contributed by atoms with E-state index in [9.17, 15) is 0 Å². The lowest BCUT2D eigenvalue weighted by Gasteiger charge is -2.06. The molecule has 0 unspecified atom stereocenters. The van der Waals surface area contributed by atoms with Crippen LogP contribution in [-0.4, -0.2) is 14.2 Å². The molecule has 0 aliphatic rings. The molecule has 1 heterocycles. The minimum Gasteiger partial charge on any atom is -0.496 e. The molecule has 0 amide bonds. The van der Waals surface area contributed by atoms with Gasteiger partial charge in [0.15, 0.2) is 0 Å². The van der Waals surface area contributed by atoms with Gasteiger partial charge < -0.3 is 9.47 Å². The third kappa shape index (κ3) is 1.47. The maximum atomic E-state index is 5.37. The van der Waals surface area contributed by atoms with Gasteiger partial charge in [-0.1, -0.05) is 0 Å². The number of ether oxygens (including phenoxy) is 2. The summed E-state index contributed by atoms with van der Waals surface area (Å²) in [5.41, 5.74) is 1.28.